The summed E-state index contributed by atoms with van der Waals surface area (Å²) in [5, 5.41) is 25.1. The van der Waals surface area contributed by atoms with E-state index in [0.29, 0.717) is 5.75 Å². The molecule has 0 radical (unpaired) electrons. The Kier molecular flexibility index (Phi) is 13.7. The van der Waals surface area contributed by atoms with Gasteiger partial charge in [0, 0.05) is 6.42 Å². The van der Waals surface area contributed by atoms with Gasteiger partial charge < -0.3 is 37.6 Å². The Balaban J connectivity index is 5.37. The summed E-state index contributed by atoms with van der Waals surface area (Å²) in [5.41, 5.74) is 10.7. The fourth-order valence-electron chi connectivity index (χ4n) is 2.64. The van der Waals surface area contributed by atoms with Crippen molar-refractivity contribution in [2.24, 2.45) is 17.4 Å². The maximum Gasteiger partial charge on any atom is 0.326 e. The van der Waals surface area contributed by atoms with E-state index in [9.17, 15) is 33.9 Å². The van der Waals surface area contributed by atoms with Gasteiger partial charge in [-0.2, -0.15) is 11.8 Å². The molecule has 0 aliphatic heterocycles. The molecule has 0 spiro atoms. The number of hydrogen-bond acceptors (Lipinski definition) is 8. The van der Waals surface area contributed by atoms with E-state index >= 15 is 0 Å². The number of nitrogens with one attached hydrogen (secondary N) is 3. The molecule has 14 heteroatoms. The predicted molar refractivity (Wildman–Crippen MR) is 120 cm³/mol. The van der Waals surface area contributed by atoms with Crippen LogP contribution in [0.15, 0.2) is 0 Å². The second-order valence-corrected chi connectivity index (χ2v) is 8.67. The zero-order valence-corrected chi connectivity index (χ0v) is 19.6. The summed E-state index contributed by atoms with van der Waals surface area (Å²) < 4.78 is 0. The first kappa shape index (κ1) is 30.1. The maximum atomic E-state index is 12.8. The fraction of sp³-hybridized carbons (Fsp3) is 0.684. The summed E-state index contributed by atoms with van der Waals surface area (Å²) in [4.78, 5) is 70.8. The fourth-order valence-corrected chi connectivity index (χ4v) is 3.12. The van der Waals surface area contributed by atoms with Crippen LogP contribution in [0.3, 0.4) is 0 Å². The van der Waals surface area contributed by atoms with Gasteiger partial charge in [-0.05, 0) is 30.8 Å². The lowest BCUT2D eigenvalue weighted by molar-refractivity contribution is -0.144. The lowest BCUT2D eigenvalue weighted by Gasteiger charge is -2.27. The Morgan fingerprint density at radius 2 is 1.45 bits per heavy atom. The van der Waals surface area contributed by atoms with Gasteiger partial charge in [0.15, 0.2) is 0 Å². The Labute approximate surface area is 195 Å². The first-order valence-electron chi connectivity index (χ1n) is 10.2. The molecule has 13 nitrogen and oxygen atoms in total. The molecule has 33 heavy (non-hydrogen) atoms. The number of primary amides is 1. The normalized spacial score (nSPS) is 14.5. The predicted octanol–water partition coefficient (Wildman–Crippen LogP) is -2.00. The number of carboxylic acids is 2. The molecule has 0 aliphatic rings. The molecule has 0 aromatic heterocycles. The number of amides is 4. The van der Waals surface area contributed by atoms with E-state index in [4.69, 9.17) is 16.6 Å². The third-order valence-electron chi connectivity index (χ3n) is 4.52. The van der Waals surface area contributed by atoms with Crippen molar-refractivity contribution < 1.29 is 39.0 Å². The van der Waals surface area contributed by atoms with E-state index in [0.717, 1.165) is 0 Å². The highest BCUT2D eigenvalue weighted by atomic mass is 32.2. The van der Waals surface area contributed by atoms with E-state index in [2.05, 4.69) is 16.0 Å². The van der Waals surface area contributed by atoms with Crippen LogP contribution in [-0.2, 0) is 28.8 Å². The van der Waals surface area contributed by atoms with Crippen LogP contribution in [0.4, 0.5) is 0 Å². The minimum atomic E-state index is -1.56. The van der Waals surface area contributed by atoms with Gasteiger partial charge in [0.25, 0.3) is 0 Å². The number of rotatable bonds is 16. The van der Waals surface area contributed by atoms with Crippen molar-refractivity contribution in [2.75, 3.05) is 12.0 Å². The molecule has 4 amide bonds. The van der Waals surface area contributed by atoms with Gasteiger partial charge in [0.1, 0.15) is 18.1 Å². The third-order valence-corrected chi connectivity index (χ3v) is 5.16. The average molecular weight is 492 g/mol. The number of aliphatic carboxylic acids is 2. The highest BCUT2D eigenvalue weighted by Crippen LogP contribution is 2.07. The van der Waals surface area contributed by atoms with Gasteiger partial charge in [-0.3, -0.25) is 24.0 Å². The molecule has 4 atom stereocenters. The van der Waals surface area contributed by atoms with Crippen molar-refractivity contribution >= 4 is 47.3 Å². The molecule has 0 fully saturated rings. The van der Waals surface area contributed by atoms with Gasteiger partial charge in [0.05, 0.1) is 12.5 Å². The Morgan fingerprint density at radius 1 is 0.879 bits per heavy atom. The molecule has 0 saturated carbocycles. The quantitative estimate of drug-likeness (QED) is 0.125. The van der Waals surface area contributed by atoms with E-state index in [1.165, 1.54) is 11.8 Å². The summed E-state index contributed by atoms with van der Waals surface area (Å²) in [7, 11) is 0. The zero-order chi connectivity index (χ0) is 25.7. The highest BCUT2D eigenvalue weighted by molar-refractivity contribution is 7.98. The first-order chi connectivity index (χ1) is 15.3. The molecular formula is C19H33N5O8S. The third kappa shape index (κ3) is 12.1. The van der Waals surface area contributed by atoms with Gasteiger partial charge in [-0.1, -0.05) is 13.8 Å². The summed E-state index contributed by atoms with van der Waals surface area (Å²) >= 11 is 1.42. The molecule has 188 valence electrons. The van der Waals surface area contributed by atoms with Gasteiger partial charge in [-0.15, -0.1) is 0 Å². The largest absolute Gasteiger partial charge is 0.481 e. The van der Waals surface area contributed by atoms with Crippen LogP contribution in [0, 0.1) is 5.92 Å². The minimum Gasteiger partial charge on any atom is -0.481 e. The van der Waals surface area contributed by atoms with Crippen LogP contribution < -0.4 is 27.4 Å². The average Bonchev–Trinajstić information content (AvgIpc) is 2.71. The number of thioether (sulfide) groups is 1. The van der Waals surface area contributed by atoms with Crippen molar-refractivity contribution in [1.82, 2.24) is 16.0 Å². The van der Waals surface area contributed by atoms with Gasteiger partial charge in [-0.25, -0.2) is 4.79 Å². The molecule has 9 N–H and O–H groups in total. The van der Waals surface area contributed by atoms with Crippen LogP contribution in [0.25, 0.3) is 0 Å². The van der Waals surface area contributed by atoms with E-state index in [1.54, 1.807) is 20.1 Å². The van der Waals surface area contributed by atoms with Crippen LogP contribution in [-0.4, -0.2) is 82.0 Å². The molecule has 4 unspecified atom stereocenters. The second kappa shape index (κ2) is 15.1. The molecule has 0 aromatic carbocycles. The molecule has 0 aromatic rings. The highest BCUT2D eigenvalue weighted by Gasteiger charge is 2.32. The zero-order valence-electron chi connectivity index (χ0n) is 18.8. The van der Waals surface area contributed by atoms with Gasteiger partial charge >= 0.3 is 11.9 Å². The van der Waals surface area contributed by atoms with Crippen LogP contribution >= 0.6 is 11.8 Å². The molecule has 0 saturated heterocycles. The topological polar surface area (TPSA) is 231 Å². The lowest BCUT2D eigenvalue weighted by Crippen LogP contribution is -2.58. The number of hydrogen-bond donors (Lipinski definition) is 7. The first-order valence-corrected chi connectivity index (χ1v) is 11.6. The maximum absolute atomic E-state index is 12.8. The number of carboxylic acid groups (broad SMARTS) is 2. The summed E-state index contributed by atoms with van der Waals surface area (Å²) in [6, 6.07) is -4.93. The molecule has 0 heterocycles. The number of carbonyl (C=O) groups excluding carboxylic acids is 4. The molecule has 0 bridgehead atoms. The van der Waals surface area contributed by atoms with Crippen molar-refractivity contribution in [2.45, 2.75) is 63.7 Å². The van der Waals surface area contributed by atoms with Crippen LogP contribution in [0.5, 0.6) is 0 Å². The summed E-state index contributed by atoms with van der Waals surface area (Å²) in [6.07, 6.45) is 0.939. The molecule has 0 rings (SSSR count). The van der Waals surface area contributed by atoms with Gasteiger partial charge in [0.2, 0.25) is 23.6 Å². The summed E-state index contributed by atoms with van der Waals surface area (Å²) in [6.45, 7) is 3.23. The smallest absolute Gasteiger partial charge is 0.326 e. The standard InChI is InChI=1S/C19H33N5O8S/c1-9(2)15(18(30)23-12(19(31)32)8-13(21)25)24-17(29)11(6-7-33-3)22-16(28)10(20)4-5-14(26)27/h9-12,15H,4-8,20H2,1-3H3,(H2,21,25)(H,22,28)(H,23,30)(H,24,29)(H,26,27)(H,31,32). The van der Waals surface area contributed by atoms with E-state index < -0.39 is 72.1 Å². The summed E-state index contributed by atoms with van der Waals surface area (Å²) in [5.74, 6) is -5.72. The number of carbonyl (C=O) groups is 6. The van der Waals surface area contributed by atoms with Crippen LogP contribution in [0.1, 0.15) is 39.5 Å². The van der Waals surface area contributed by atoms with Crippen molar-refractivity contribution in [3.63, 3.8) is 0 Å². The monoisotopic (exact) mass is 491 g/mol. The molecular weight excluding hydrogens is 458 g/mol. The van der Waals surface area contributed by atoms with E-state index in [-0.39, 0.29) is 19.3 Å². The second-order valence-electron chi connectivity index (χ2n) is 7.68. The SMILES string of the molecule is CSCCC(NC(=O)C(N)CCC(=O)O)C(=O)NC(C(=O)NC(CC(N)=O)C(=O)O)C(C)C. The Morgan fingerprint density at radius 3 is 1.91 bits per heavy atom. The van der Waals surface area contributed by atoms with Crippen molar-refractivity contribution in [3.05, 3.63) is 0 Å². The van der Waals surface area contributed by atoms with Crippen LogP contribution in [0.2, 0.25) is 0 Å². The Bertz CT molecular complexity index is 733. The minimum absolute atomic E-state index is 0.120. The number of nitrogens with two attached hydrogens (primary N) is 2. The van der Waals surface area contributed by atoms with Crippen molar-refractivity contribution in [3.8, 4) is 0 Å². The lowest BCUT2D eigenvalue weighted by atomic mass is 10.0. The van der Waals surface area contributed by atoms with E-state index in [1.807, 2.05) is 0 Å². The Hall–Kier alpha value is -2.87. The van der Waals surface area contributed by atoms with Crippen molar-refractivity contribution in [1.29, 1.82) is 0 Å². The molecule has 0 aliphatic carbocycles.